The van der Waals surface area contributed by atoms with E-state index in [1.165, 1.54) is 0 Å². The summed E-state index contributed by atoms with van der Waals surface area (Å²) in [6, 6.07) is 5.92. The Bertz CT molecular complexity index is 369. The molecule has 2 rings (SSSR count). The molecule has 2 heterocycles. The molecule has 0 saturated carbocycles. The fraction of sp³-hybridized carbons (Fsp3) is 0.125. The highest BCUT2D eigenvalue weighted by atomic mass is 35.5. The van der Waals surface area contributed by atoms with Crippen LogP contribution in [-0.2, 0) is 6.54 Å². The SMILES string of the molecule is Cl.NCc1cccc2nccn12. The lowest BCUT2D eigenvalue weighted by atomic mass is 10.3. The molecule has 0 aliphatic rings. The molecule has 4 heteroatoms. The Hall–Kier alpha value is -1.06. The average Bonchev–Trinajstić information content (AvgIpc) is 2.50. The minimum atomic E-state index is 0. The third-order valence-electron chi connectivity index (χ3n) is 1.72. The van der Waals surface area contributed by atoms with Crippen LogP contribution >= 0.6 is 12.4 Å². The van der Waals surface area contributed by atoms with E-state index in [1.54, 1.807) is 6.20 Å². The summed E-state index contributed by atoms with van der Waals surface area (Å²) < 4.78 is 1.99. The van der Waals surface area contributed by atoms with Crippen molar-refractivity contribution in [2.24, 2.45) is 5.73 Å². The van der Waals surface area contributed by atoms with Crippen molar-refractivity contribution in [1.29, 1.82) is 0 Å². The van der Waals surface area contributed by atoms with Crippen molar-refractivity contribution in [2.45, 2.75) is 6.54 Å². The number of rotatable bonds is 1. The molecule has 0 saturated heterocycles. The highest BCUT2D eigenvalue weighted by Crippen LogP contribution is 2.03. The van der Waals surface area contributed by atoms with Gasteiger partial charge < -0.3 is 10.1 Å². The molecule has 0 radical (unpaired) electrons. The van der Waals surface area contributed by atoms with E-state index in [9.17, 15) is 0 Å². The van der Waals surface area contributed by atoms with E-state index >= 15 is 0 Å². The summed E-state index contributed by atoms with van der Waals surface area (Å²) in [5.41, 5.74) is 7.56. The van der Waals surface area contributed by atoms with E-state index in [2.05, 4.69) is 4.98 Å². The summed E-state index contributed by atoms with van der Waals surface area (Å²) in [4.78, 5) is 4.13. The molecule has 2 aromatic heterocycles. The topological polar surface area (TPSA) is 43.3 Å². The monoisotopic (exact) mass is 183 g/mol. The van der Waals surface area contributed by atoms with Crippen molar-refractivity contribution in [3.8, 4) is 0 Å². The van der Waals surface area contributed by atoms with Gasteiger partial charge in [-0.3, -0.25) is 0 Å². The summed E-state index contributed by atoms with van der Waals surface area (Å²) in [6.45, 7) is 0.549. The van der Waals surface area contributed by atoms with Crippen LogP contribution in [0.3, 0.4) is 0 Å². The van der Waals surface area contributed by atoms with Crippen LogP contribution in [0.15, 0.2) is 30.6 Å². The van der Waals surface area contributed by atoms with Crippen molar-refractivity contribution >= 4 is 18.1 Å². The Labute approximate surface area is 76.6 Å². The van der Waals surface area contributed by atoms with E-state index in [4.69, 9.17) is 5.73 Å². The van der Waals surface area contributed by atoms with Crippen LogP contribution in [0.5, 0.6) is 0 Å². The number of imidazole rings is 1. The standard InChI is InChI=1S/C8H9N3.ClH/c9-6-7-2-1-3-8-10-4-5-11(7)8;/h1-5H,6,9H2;1H. The van der Waals surface area contributed by atoms with E-state index in [0.717, 1.165) is 11.3 Å². The van der Waals surface area contributed by atoms with Gasteiger partial charge in [0.25, 0.3) is 0 Å². The fourth-order valence-electron chi connectivity index (χ4n) is 1.17. The summed E-state index contributed by atoms with van der Waals surface area (Å²) in [6.07, 6.45) is 3.69. The van der Waals surface area contributed by atoms with E-state index in [1.807, 2.05) is 28.8 Å². The lowest BCUT2D eigenvalue weighted by molar-refractivity contribution is 0.946. The van der Waals surface area contributed by atoms with Crippen LogP contribution in [0.25, 0.3) is 5.65 Å². The Morgan fingerprint density at radius 1 is 1.42 bits per heavy atom. The quantitative estimate of drug-likeness (QED) is 0.723. The maximum atomic E-state index is 5.53. The lowest BCUT2D eigenvalue weighted by Crippen LogP contribution is -2.02. The molecule has 0 aromatic carbocycles. The van der Waals surface area contributed by atoms with Crippen LogP contribution in [0.1, 0.15) is 5.69 Å². The molecule has 0 fully saturated rings. The number of nitrogens with zero attached hydrogens (tertiary/aromatic N) is 2. The van der Waals surface area contributed by atoms with E-state index < -0.39 is 0 Å². The van der Waals surface area contributed by atoms with E-state index in [-0.39, 0.29) is 12.4 Å². The zero-order valence-corrected chi connectivity index (χ0v) is 7.29. The average molecular weight is 184 g/mol. The minimum Gasteiger partial charge on any atom is -0.325 e. The van der Waals surface area contributed by atoms with Crippen LogP contribution in [0.4, 0.5) is 0 Å². The van der Waals surface area contributed by atoms with Gasteiger partial charge in [0.2, 0.25) is 0 Å². The molecule has 0 unspecified atom stereocenters. The first-order valence-corrected chi connectivity index (χ1v) is 3.53. The normalized spacial score (nSPS) is 9.75. The van der Waals surface area contributed by atoms with Crippen LogP contribution in [-0.4, -0.2) is 9.38 Å². The summed E-state index contributed by atoms with van der Waals surface area (Å²) >= 11 is 0. The Kier molecular flexibility index (Phi) is 2.68. The zero-order chi connectivity index (χ0) is 7.68. The predicted octanol–water partition coefficient (Wildman–Crippen LogP) is 1.21. The van der Waals surface area contributed by atoms with Crippen molar-refractivity contribution in [3.63, 3.8) is 0 Å². The van der Waals surface area contributed by atoms with Gasteiger partial charge in [0, 0.05) is 24.6 Å². The van der Waals surface area contributed by atoms with Gasteiger partial charge in [0.15, 0.2) is 0 Å². The zero-order valence-electron chi connectivity index (χ0n) is 6.47. The summed E-state index contributed by atoms with van der Waals surface area (Å²) in [7, 11) is 0. The molecule has 0 spiro atoms. The van der Waals surface area contributed by atoms with Gasteiger partial charge in [-0.1, -0.05) is 6.07 Å². The van der Waals surface area contributed by atoms with Crippen molar-refractivity contribution in [2.75, 3.05) is 0 Å². The molecule has 0 aliphatic carbocycles. The molecular formula is C8H10ClN3. The molecule has 0 aliphatic heterocycles. The predicted molar refractivity (Wildman–Crippen MR) is 50.3 cm³/mol. The van der Waals surface area contributed by atoms with Crippen molar-refractivity contribution in [3.05, 3.63) is 36.3 Å². The Morgan fingerprint density at radius 2 is 2.25 bits per heavy atom. The molecule has 3 nitrogen and oxygen atoms in total. The number of nitrogens with two attached hydrogens (primary N) is 1. The molecule has 12 heavy (non-hydrogen) atoms. The molecule has 64 valence electrons. The van der Waals surface area contributed by atoms with E-state index in [0.29, 0.717) is 6.54 Å². The van der Waals surface area contributed by atoms with Crippen LogP contribution in [0.2, 0.25) is 0 Å². The first-order valence-electron chi connectivity index (χ1n) is 3.53. The minimum absolute atomic E-state index is 0. The first kappa shape index (κ1) is 9.03. The molecule has 2 aromatic rings. The molecule has 0 atom stereocenters. The fourth-order valence-corrected chi connectivity index (χ4v) is 1.17. The van der Waals surface area contributed by atoms with Gasteiger partial charge in [-0.2, -0.15) is 0 Å². The largest absolute Gasteiger partial charge is 0.325 e. The number of pyridine rings is 1. The molecule has 0 bridgehead atoms. The van der Waals surface area contributed by atoms with Gasteiger partial charge in [0.1, 0.15) is 5.65 Å². The van der Waals surface area contributed by atoms with Crippen molar-refractivity contribution < 1.29 is 0 Å². The molecule has 0 amide bonds. The lowest BCUT2D eigenvalue weighted by Gasteiger charge is -1.99. The number of hydrogen-bond acceptors (Lipinski definition) is 2. The summed E-state index contributed by atoms with van der Waals surface area (Å²) in [5, 5.41) is 0. The molecule has 2 N–H and O–H groups in total. The second kappa shape index (κ2) is 3.56. The van der Waals surface area contributed by atoms with Crippen molar-refractivity contribution in [1.82, 2.24) is 9.38 Å². The molecular weight excluding hydrogens is 174 g/mol. The van der Waals surface area contributed by atoms with Gasteiger partial charge in [-0.05, 0) is 12.1 Å². The number of fused-ring (bicyclic) bond motifs is 1. The third kappa shape index (κ3) is 1.29. The maximum Gasteiger partial charge on any atom is 0.136 e. The van der Waals surface area contributed by atoms with Gasteiger partial charge in [-0.25, -0.2) is 4.98 Å². The third-order valence-corrected chi connectivity index (χ3v) is 1.72. The number of halogens is 1. The van der Waals surface area contributed by atoms with Gasteiger partial charge in [0.05, 0.1) is 0 Å². The smallest absolute Gasteiger partial charge is 0.136 e. The van der Waals surface area contributed by atoms with Gasteiger partial charge >= 0.3 is 0 Å². The summed E-state index contributed by atoms with van der Waals surface area (Å²) in [5.74, 6) is 0. The maximum absolute atomic E-state index is 5.53. The Morgan fingerprint density at radius 3 is 3.00 bits per heavy atom. The second-order valence-corrected chi connectivity index (χ2v) is 2.38. The van der Waals surface area contributed by atoms with Crippen LogP contribution < -0.4 is 5.73 Å². The second-order valence-electron chi connectivity index (χ2n) is 2.38. The number of hydrogen-bond donors (Lipinski definition) is 1. The number of aromatic nitrogens is 2. The highest BCUT2D eigenvalue weighted by molar-refractivity contribution is 5.85. The van der Waals surface area contributed by atoms with Gasteiger partial charge in [-0.15, -0.1) is 12.4 Å². The first-order chi connectivity index (χ1) is 5.42. The van der Waals surface area contributed by atoms with Crippen LogP contribution in [0, 0.1) is 0 Å². The Balaban J connectivity index is 0.000000720. The highest BCUT2D eigenvalue weighted by Gasteiger charge is 1.95.